The Bertz CT molecular complexity index is 491. The molecule has 2 aromatic rings. The Balaban J connectivity index is 2.19. The molecule has 0 N–H and O–H groups in total. The van der Waals surface area contributed by atoms with Crippen molar-refractivity contribution in [2.24, 2.45) is 0 Å². The fourth-order valence-corrected chi connectivity index (χ4v) is 2.25. The molecule has 0 heterocycles. The lowest BCUT2D eigenvalue weighted by molar-refractivity contribution is 0.414. The van der Waals surface area contributed by atoms with Crippen LogP contribution in [-0.2, 0) is 0 Å². The zero-order valence-electron chi connectivity index (χ0n) is 9.11. The highest BCUT2D eigenvalue weighted by Gasteiger charge is 2.03. The third-order valence-electron chi connectivity index (χ3n) is 2.13. The van der Waals surface area contributed by atoms with E-state index in [0.29, 0.717) is 4.90 Å². The average Bonchev–Trinajstić information content (AvgIpc) is 2.28. The van der Waals surface area contributed by atoms with Gasteiger partial charge in [-0.05, 0) is 36.4 Å². The Morgan fingerprint density at radius 2 is 1.47 bits per heavy atom. The lowest BCUT2D eigenvalue weighted by atomic mass is 10.3. The molecule has 17 heavy (non-hydrogen) atoms. The fraction of sp³-hybridized carbons (Fsp3) is 0.0769. The maximum Gasteiger partial charge on any atom is 0.127 e. The van der Waals surface area contributed by atoms with Crippen LogP contribution in [0.15, 0.2) is 52.3 Å². The molecule has 0 atom stereocenters. The van der Waals surface area contributed by atoms with Gasteiger partial charge in [-0.2, -0.15) is 0 Å². The van der Waals surface area contributed by atoms with Crippen molar-refractivity contribution in [2.75, 3.05) is 7.11 Å². The van der Waals surface area contributed by atoms with Gasteiger partial charge in [0.05, 0.1) is 7.11 Å². The maximum absolute atomic E-state index is 13.0. The predicted molar refractivity (Wildman–Crippen MR) is 63.5 cm³/mol. The van der Waals surface area contributed by atoms with Crippen molar-refractivity contribution in [2.45, 2.75) is 9.79 Å². The van der Waals surface area contributed by atoms with E-state index in [0.717, 1.165) is 16.7 Å². The molecule has 0 saturated heterocycles. The van der Waals surface area contributed by atoms with E-state index in [1.165, 1.54) is 23.9 Å². The summed E-state index contributed by atoms with van der Waals surface area (Å²) in [5, 5.41) is 0. The van der Waals surface area contributed by atoms with Gasteiger partial charge in [0.2, 0.25) is 0 Å². The number of benzene rings is 2. The van der Waals surface area contributed by atoms with Crippen molar-refractivity contribution in [1.82, 2.24) is 0 Å². The molecule has 0 amide bonds. The minimum Gasteiger partial charge on any atom is -0.497 e. The van der Waals surface area contributed by atoms with Gasteiger partial charge < -0.3 is 4.74 Å². The van der Waals surface area contributed by atoms with Crippen molar-refractivity contribution < 1.29 is 13.5 Å². The predicted octanol–water partition coefficient (Wildman–Crippen LogP) is 4.12. The van der Waals surface area contributed by atoms with Gasteiger partial charge in [0.15, 0.2) is 0 Å². The molecular formula is C13H10F2OS. The number of rotatable bonds is 3. The van der Waals surface area contributed by atoms with Crippen LogP contribution in [0.3, 0.4) is 0 Å². The van der Waals surface area contributed by atoms with Crippen LogP contribution in [0, 0.1) is 11.6 Å². The standard InChI is InChI=1S/C13H10F2OS/c1-16-11-2-4-12(5-3-11)17-13-7-9(14)6-10(15)8-13/h2-8H,1H3. The molecule has 0 aliphatic heterocycles. The summed E-state index contributed by atoms with van der Waals surface area (Å²) in [5.41, 5.74) is 0. The lowest BCUT2D eigenvalue weighted by Crippen LogP contribution is -1.83. The quantitative estimate of drug-likeness (QED) is 0.812. The summed E-state index contributed by atoms with van der Waals surface area (Å²) in [6, 6.07) is 10.8. The first-order valence-corrected chi connectivity index (χ1v) is 5.77. The summed E-state index contributed by atoms with van der Waals surface area (Å²) in [4.78, 5) is 1.43. The van der Waals surface area contributed by atoms with Crippen molar-refractivity contribution in [1.29, 1.82) is 0 Å². The van der Waals surface area contributed by atoms with Gasteiger partial charge in [0.25, 0.3) is 0 Å². The summed E-state index contributed by atoms with van der Waals surface area (Å²) in [6.07, 6.45) is 0. The van der Waals surface area contributed by atoms with Crippen LogP contribution >= 0.6 is 11.8 Å². The fourth-order valence-electron chi connectivity index (χ4n) is 1.37. The Hall–Kier alpha value is -1.55. The Morgan fingerprint density at radius 3 is 2.00 bits per heavy atom. The van der Waals surface area contributed by atoms with E-state index in [-0.39, 0.29) is 0 Å². The van der Waals surface area contributed by atoms with E-state index in [2.05, 4.69) is 0 Å². The second kappa shape index (κ2) is 5.19. The van der Waals surface area contributed by atoms with Crippen LogP contribution in [0.4, 0.5) is 8.78 Å². The second-order valence-electron chi connectivity index (χ2n) is 3.38. The summed E-state index contributed by atoms with van der Waals surface area (Å²) in [5.74, 6) is -0.387. The topological polar surface area (TPSA) is 9.23 Å². The van der Waals surface area contributed by atoms with E-state index < -0.39 is 11.6 Å². The first-order valence-electron chi connectivity index (χ1n) is 4.95. The lowest BCUT2D eigenvalue weighted by Gasteiger charge is -2.04. The second-order valence-corrected chi connectivity index (χ2v) is 4.53. The zero-order chi connectivity index (χ0) is 12.3. The summed E-state index contributed by atoms with van der Waals surface area (Å²) in [7, 11) is 1.59. The normalized spacial score (nSPS) is 10.3. The van der Waals surface area contributed by atoms with Crippen molar-refractivity contribution >= 4 is 11.8 Å². The summed E-state index contributed by atoms with van der Waals surface area (Å²) in [6.45, 7) is 0. The highest BCUT2D eigenvalue weighted by molar-refractivity contribution is 7.99. The van der Waals surface area contributed by atoms with Crippen LogP contribution in [0.1, 0.15) is 0 Å². The molecule has 2 rings (SSSR count). The van der Waals surface area contributed by atoms with Crippen molar-refractivity contribution in [3.63, 3.8) is 0 Å². The van der Waals surface area contributed by atoms with Gasteiger partial charge >= 0.3 is 0 Å². The number of hydrogen-bond acceptors (Lipinski definition) is 2. The molecule has 1 nitrogen and oxygen atoms in total. The summed E-state index contributed by atoms with van der Waals surface area (Å²) < 4.78 is 31.0. The van der Waals surface area contributed by atoms with Crippen LogP contribution in [0.25, 0.3) is 0 Å². The Labute approximate surface area is 102 Å². The van der Waals surface area contributed by atoms with Gasteiger partial charge in [-0.3, -0.25) is 0 Å². The third-order valence-corrected chi connectivity index (χ3v) is 3.11. The van der Waals surface area contributed by atoms with E-state index in [1.54, 1.807) is 19.2 Å². The number of halogens is 2. The minimum absolute atomic E-state index is 0.535. The monoisotopic (exact) mass is 252 g/mol. The SMILES string of the molecule is COc1ccc(Sc2cc(F)cc(F)c2)cc1. The smallest absolute Gasteiger partial charge is 0.127 e. The van der Waals surface area contributed by atoms with E-state index in [9.17, 15) is 8.78 Å². The highest BCUT2D eigenvalue weighted by Crippen LogP contribution is 2.29. The van der Waals surface area contributed by atoms with Crippen LogP contribution in [0.2, 0.25) is 0 Å². The van der Waals surface area contributed by atoms with E-state index in [1.807, 2.05) is 12.1 Å². The van der Waals surface area contributed by atoms with Gasteiger partial charge in [-0.1, -0.05) is 11.8 Å². The molecule has 0 fully saturated rings. The molecule has 0 saturated carbocycles. The molecule has 0 aromatic heterocycles. The van der Waals surface area contributed by atoms with E-state index >= 15 is 0 Å². The number of hydrogen-bond donors (Lipinski definition) is 0. The van der Waals surface area contributed by atoms with E-state index in [4.69, 9.17) is 4.74 Å². The average molecular weight is 252 g/mol. The molecule has 0 bridgehead atoms. The molecule has 2 aromatic carbocycles. The summed E-state index contributed by atoms with van der Waals surface area (Å²) >= 11 is 1.30. The molecule has 4 heteroatoms. The van der Waals surface area contributed by atoms with Crippen LogP contribution in [0.5, 0.6) is 5.75 Å². The van der Waals surface area contributed by atoms with Gasteiger partial charge in [-0.15, -0.1) is 0 Å². The van der Waals surface area contributed by atoms with Crippen LogP contribution in [-0.4, -0.2) is 7.11 Å². The Morgan fingerprint density at radius 1 is 0.882 bits per heavy atom. The molecule has 88 valence electrons. The van der Waals surface area contributed by atoms with Gasteiger partial charge in [0, 0.05) is 15.9 Å². The first-order chi connectivity index (χ1) is 8.17. The highest BCUT2D eigenvalue weighted by atomic mass is 32.2. The van der Waals surface area contributed by atoms with Gasteiger partial charge in [-0.25, -0.2) is 8.78 Å². The molecular weight excluding hydrogens is 242 g/mol. The van der Waals surface area contributed by atoms with Crippen molar-refractivity contribution in [3.8, 4) is 5.75 Å². The largest absolute Gasteiger partial charge is 0.497 e. The van der Waals surface area contributed by atoms with Crippen molar-refractivity contribution in [3.05, 3.63) is 54.1 Å². The van der Waals surface area contributed by atoms with Gasteiger partial charge in [0.1, 0.15) is 17.4 Å². The molecule has 0 aliphatic carbocycles. The number of methoxy groups -OCH3 is 1. The third kappa shape index (κ3) is 3.20. The minimum atomic E-state index is -0.569. The Kier molecular flexibility index (Phi) is 3.64. The maximum atomic E-state index is 13.0. The zero-order valence-corrected chi connectivity index (χ0v) is 9.93. The molecule has 0 aliphatic rings. The molecule has 0 spiro atoms. The number of ether oxygens (including phenoxy) is 1. The van der Waals surface area contributed by atoms with Crippen LogP contribution < -0.4 is 4.74 Å². The first kappa shape index (κ1) is 11.9. The molecule has 0 unspecified atom stereocenters. The molecule has 0 radical (unpaired) electrons.